The fourth-order valence-electron chi connectivity index (χ4n) is 2.76. The van der Waals surface area contributed by atoms with Crippen molar-refractivity contribution in [1.82, 2.24) is 5.32 Å². The van der Waals surface area contributed by atoms with Crippen LogP contribution in [0.1, 0.15) is 66.2 Å². The third-order valence-corrected chi connectivity index (χ3v) is 9.69. The fraction of sp³-hybridized carbons (Fsp3) is 1.00. The highest BCUT2D eigenvalue weighted by Gasteiger charge is 2.40. The summed E-state index contributed by atoms with van der Waals surface area (Å²) in [5.74, 6) is 0. The minimum absolute atomic E-state index is 0.727. The predicted octanol–water partition coefficient (Wildman–Crippen LogP) is 5.21. The van der Waals surface area contributed by atoms with E-state index >= 15 is 0 Å². The van der Waals surface area contributed by atoms with Crippen LogP contribution in [0.15, 0.2) is 0 Å². The Labute approximate surface area is 171 Å². The lowest BCUT2D eigenvalue weighted by atomic mass is 10.4. The minimum atomic E-state index is -2.52. The van der Waals surface area contributed by atoms with Crippen LogP contribution in [0.25, 0.3) is 0 Å². The van der Waals surface area contributed by atoms with E-state index in [0.717, 1.165) is 77.7 Å². The number of nitrogens with one attached hydrogen (secondary N) is 1. The molecule has 0 radical (unpaired) electrons. The summed E-state index contributed by atoms with van der Waals surface area (Å²) in [5.41, 5.74) is 0. The van der Waals surface area contributed by atoms with Crippen molar-refractivity contribution >= 4 is 17.1 Å². The molecular weight excluding hydrogens is 374 g/mol. The van der Waals surface area contributed by atoms with Gasteiger partial charge in [-0.1, -0.05) is 27.7 Å². The van der Waals surface area contributed by atoms with Gasteiger partial charge in [0.25, 0.3) is 0 Å². The van der Waals surface area contributed by atoms with Crippen LogP contribution in [-0.4, -0.2) is 56.6 Å². The number of rotatable bonds is 20. The van der Waals surface area contributed by atoms with Crippen LogP contribution in [0.4, 0.5) is 0 Å². The van der Waals surface area contributed by atoms with Crippen molar-refractivity contribution in [3.63, 3.8) is 0 Å². The summed E-state index contributed by atoms with van der Waals surface area (Å²) in [6.45, 7) is 18.4. The monoisotopic (exact) mass is 421 g/mol. The van der Waals surface area contributed by atoms with Gasteiger partial charge in [0.05, 0.1) is 0 Å². The van der Waals surface area contributed by atoms with E-state index in [9.17, 15) is 0 Å². The molecule has 5 nitrogen and oxygen atoms in total. The quantitative estimate of drug-likeness (QED) is 0.216. The van der Waals surface area contributed by atoms with Crippen molar-refractivity contribution in [1.29, 1.82) is 0 Å². The maximum absolute atomic E-state index is 6.15. The molecule has 0 unspecified atom stereocenters. The highest BCUT2D eigenvalue weighted by atomic mass is 28.4. The summed E-state index contributed by atoms with van der Waals surface area (Å²) in [7, 11) is -3.99. The molecule has 7 heteroatoms. The van der Waals surface area contributed by atoms with Crippen molar-refractivity contribution in [2.24, 2.45) is 0 Å². The lowest BCUT2D eigenvalue weighted by molar-refractivity contribution is 0.0588. The molecule has 0 amide bonds. The smallest absolute Gasteiger partial charge is 0.417 e. The molecule has 0 fully saturated rings. The van der Waals surface area contributed by atoms with Crippen LogP contribution in [0.5, 0.6) is 0 Å². The highest BCUT2D eigenvalue weighted by molar-refractivity contribution is 6.71. The normalized spacial score (nSPS) is 12.7. The number of hydrogen-bond acceptors (Lipinski definition) is 5. The minimum Gasteiger partial charge on any atom is -0.417 e. The second-order valence-corrected chi connectivity index (χ2v) is 14.8. The third-order valence-electron chi connectivity index (χ3n) is 4.24. The Hall–Kier alpha value is 0.234. The Kier molecular flexibility index (Phi) is 17.3. The van der Waals surface area contributed by atoms with Crippen molar-refractivity contribution in [2.45, 2.75) is 91.4 Å². The lowest BCUT2D eigenvalue weighted by Gasteiger charge is -2.29. The zero-order valence-electron chi connectivity index (χ0n) is 19.0. The van der Waals surface area contributed by atoms with Gasteiger partial charge >= 0.3 is 8.80 Å². The average molecular weight is 422 g/mol. The Balaban J connectivity index is 4.18. The molecular formula is C20H47NO4Si2. The lowest BCUT2D eigenvalue weighted by Crippen LogP contribution is -2.47. The third kappa shape index (κ3) is 14.8. The van der Waals surface area contributed by atoms with Crippen LogP contribution in [0.3, 0.4) is 0 Å². The first kappa shape index (κ1) is 27.2. The van der Waals surface area contributed by atoms with Crippen LogP contribution >= 0.6 is 0 Å². The predicted molar refractivity (Wildman–Crippen MR) is 120 cm³/mol. The molecule has 0 aliphatic carbocycles. The van der Waals surface area contributed by atoms with Gasteiger partial charge in [0.2, 0.25) is 0 Å². The van der Waals surface area contributed by atoms with E-state index in [1.54, 1.807) is 0 Å². The molecule has 0 aromatic carbocycles. The average Bonchev–Trinajstić information content (AvgIpc) is 2.66. The first-order valence-electron chi connectivity index (χ1n) is 11.2. The van der Waals surface area contributed by atoms with E-state index in [4.69, 9.17) is 17.7 Å². The van der Waals surface area contributed by atoms with E-state index in [1.165, 1.54) is 12.5 Å². The summed E-state index contributed by atoms with van der Waals surface area (Å²) in [6.07, 6.45) is 6.33. The first-order chi connectivity index (χ1) is 12.9. The zero-order chi connectivity index (χ0) is 20.4. The second-order valence-electron chi connectivity index (χ2n) is 7.79. The molecule has 0 aromatic rings. The van der Waals surface area contributed by atoms with Gasteiger partial charge in [-0.2, -0.15) is 0 Å². The topological polar surface area (TPSA) is 49.0 Å². The van der Waals surface area contributed by atoms with Gasteiger partial charge in [0.15, 0.2) is 8.32 Å². The SMILES string of the molecule is CCCO[Si](C)(C)CCCNCCC[Si](OCCC)(OCCC)OCCC. The summed E-state index contributed by atoms with van der Waals surface area (Å²) in [5, 5.41) is 3.58. The van der Waals surface area contributed by atoms with Crippen molar-refractivity contribution in [3.05, 3.63) is 0 Å². The van der Waals surface area contributed by atoms with Crippen LogP contribution in [0.2, 0.25) is 25.2 Å². The molecule has 1 N–H and O–H groups in total. The van der Waals surface area contributed by atoms with Gasteiger partial charge in [-0.25, -0.2) is 0 Å². The molecule has 0 spiro atoms. The first-order valence-corrected chi connectivity index (χ1v) is 16.3. The van der Waals surface area contributed by atoms with Gasteiger partial charge in [0, 0.05) is 32.5 Å². The maximum Gasteiger partial charge on any atom is 0.501 e. The molecule has 0 saturated carbocycles. The van der Waals surface area contributed by atoms with E-state index in [-0.39, 0.29) is 0 Å². The summed E-state index contributed by atoms with van der Waals surface area (Å²) < 4.78 is 24.5. The van der Waals surface area contributed by atoms with Crippen LogP contribution in [-0.2, 0) is 17.7 Å². The molecule has 0 saturated heterocycles. The Morgan fingerprint density at radius 3 is 1.44 bits per heavy atom. The van der Waals surface area contributed by atoms with Gasteiger partial charge in [-0.3, -0.25) is 0 Å². The van der Waals surface area contributed by atoms with E-state index in [0.29, 0.717) is 0 Å². The molecule has 27 heavy (non-hydrogen) atoms. The molecule has 0 aromatic heterocycles. The Morgan fingerprint density at radius 1 is 0.593 bits per heavy atom. The molecule has 0 bridgehead atoms. The Morgan fingerprint density at radius 2 is 1.00 bits per heavy atom. The number of hydrogen-bond donors (Lipinski definition) is 1. The van der Waals surface area contributed by atoms with Crippen molar-refractivity contribution in [2.75, 3.05) is 39.5 Å². The standard InChI is InChI=1S/C20H47NO4Si2/c1-7-15-22-26(5,6)19-11-13-21-14-12-20-27(23-16-8-2,24-17-9-3)25-18-10-4/h21H,7-20H2,1-6H3. The van der Waals surface area contributed by atoms with Crippen molar-refractivity contribution < 1.29 is 17.7 Å². The van der Waals surface area contributed by atoms with Crippen LogP contribution < -0.4 is 5.32 Å². The molecule has 0 heterocycles. The largest absolute Gasteiger partial charge is 0.501 e. The summed E-state index contributed by atoms with van der Waals surface area (Å²) in [6, 6.07) is 2.12. The van der Waals surface area contributed by atoms with Gasteiger partial charge in [-0.05, 0) is 70.8 Å². The van der Waals surface area contributed by atoms with Gasteiger partial charge in [0.1, 0.15) is 0 Å². The molecule has 0 rings (SSSR count). The van der Waals surface area contributed by atoms with E-state index < -0.39 is 17.1 Å². The van der Waals surface area contributed by atoms with Crippen molar-refractivity contribution in [3.8, 4) is 0 Å². The molecule has 0 aliphatic rings. The summed E-state index contributed by atoms with van der Waals surface area (Å²) in [4.78, 5) is 0. The van der Waals surface area contributed by atoms with E-state index in [2.05, 4.69) is 46.1 Å². The maximum atomic E-state index is 6.15. The van der Waals surface area contributed by atoms with Gasteiger partial charge < -0.3 is 23.0 Å². The van der Waals surface area contributed by atoms with Crippen LogP contribution in [0, 0.1) is 0 Å². The fourth-order valence-corrected chi connectivity index (χ4v) is 7.53. The molecule has 0 aliphatic heterocycles. The van der Waals surface area contributed by atoms with E-state index in [1.807, 2.05) is 0 Å². The zero-order valence-corrected chi connectivity index (χ0v) is 21.0. The highest BCUT2D eigenvalue weighted by Crippen LogP contribution is 2.19. The second kappa shape index (κ2) is 17.1. The summed E-state index contributed by atoms with van der Waals surface area (Å²) >= 11 is 0. The molecule has 0 atom stereocenters. The Bertz CT molecular complexity index is 311. The van der Waals surface area contributed by atoms with Gasteiger partial charge in [-0.15, -0.1) is 0 Å². The molecule has 164 valence electrons.